The van der Waals surface area contributed by atoms with Crippen LogP contribution in [-0.2, 0) is 9.53 Å². The first-order valence-corrected chi connectivity index (χ1v) is 9.23. The second kappa shape index (κ2) is 8.83. The van der Waals surface area contributed by atoms with Gasteiger partial charge in [-0.2, -0.15) is 0 Å². The molecule has 0 aliphatic carbocycles. The molecular formula is C19H25N5O4. The Hall–Kier alpha value is -2.94. The summed E-state index contributed by atoms with van der Waals surface area (Å²) in [6.45, 7) is 7.02. The molecule has 9 heteroatoms. The monoisotopic (exact) mass is 387 g/mol. The van der Waals surface area contributed by atoms with Crippen molar-refractivity contribution in [1.29, 1.82) is 0 Å². The van der Waals surface area contributed by atoms with Gasteiger partial charge in [0.15, 0.2) is 5.65 Å². The highest BCUT2D eigenvalue weighted by Gasteiger charge is 2.23. The fraction of sp³-hybridized carbons (Fsp3) is 0.474. The number of piperidine rings is 1. The zero-order chi connectivity index (χ0) is 20.1. The van der Waals surface area contributed by atoms with E-state index in [2.05, 4.69) is 26.8 Å². The third-order valence-corrected chi connectivity index (χ3v) is 4.61. The molecule has 1 aliphatic heterocycles. The quantitative estimate of drug-likeness (QED) is 0.693. The molecule has 0 radical (unpaired) electrons. The molecule has 1 aliphatic rings. The number of carbonyl (C=O) groups excluding carboxylic acids is 2. The fourth-order valence-corrected chi connectivity index (χ4v) is 3.19. The van der Waals surface area contributed by atoms with E-state index in [1.807, 2.05) is 6.92 Å². The maximum Gasteiger partial charge on any atom is 0.255 e. The Labute approximate surface area is 163 Å². The van der Waals surface area contributed by atoms with Crippen LogP contribution in [0.5, 0.6) is 5.88 Å². The number of methoxy groups -OCH3 is 1. The number of hydrogen-bond donors (Lipinski definition) is 2. The summed E-state index contributed by atoms with van der Waals surface area (Å²) >= 11 is 0. The van der Waals surface area contributed by atoms with Crippen LogP contribution in [0.3, 0.4) is 0 Å². The molecule has 1 atom stereocenters. The normalized spacial score (nSPS) is 16.0. The van der Waals surface area contributed by atoms with Crippen molar-refractivity contribution in [3.63, 3.8) is 0 Å². The summed E-state index contributed by atoms with van der Waals surface area (Å²) in [5.74, 6) is 0.0448. The first-order chi connectivity index (χ1) is 13.5. The van der Waals surface area contributed by atoms with Gasteiger partial charge in [-0.25, -0.2) is 9.97 Å². The minimum Gasteiger partial charge on any atom is -0.473 e. The standard InChI is InChI=1S/C19H25N5O4/c1-4-16(25)24-7-5-13(6-8-24)28-15-10-21-18-17(23-15)14(9-20-18)19(26)22-12(2)11-27-3/h4,9-10,12-13H,1,5-8,11H2,2-3H3,(H,20,21)(H,22,26). The van der Waals surface area contributed by atoms with E-state index in [0.29, 0.717) is 55.1 Å². The number of fused-ring (bicyclic) bond motifs is 1. The highest BCUT2D eigenvalue weighted by atomic mass is 16.5. The van der Waals surface area contributed by atoms with E-state index < -0.39 is 0 Å². The largest absolute Gasteiger partial charge is 0.473 e. The molecule has 1 unspecified atom stereocenters. The summed E-state index contributed by atoms with van der Waals surface area (Å²) in [5.41, 5.74) is 1.38. The Kier molecular flexibility index (Phi) is 6.25. The number of nitrogens with one attached hydrogen (secondary N) is 2. The van der Waals surface area contributed by atoms with Gasteiger partial charge in [0, 0.05) is 45.3 Å². The summed E-state index contributed by atoms with van der Waals surface area (Å²) < 4.78 is 11.0. The van der Waals surface area contributed by atoms with Crippen molar-refractivity contribution in [1.82, 2.24) is 25.2 Å². The van der Waals surface area contributed by atoms with Crippen molar-refractivity contribution in [3.8, 4) is 5.88 Å². The first kappa shape index (κ1) is 19.8. The molecule has 2 aromatic rings. The second-order valence-electron chi connectivity index (χ2n) is 6.78. The maximum absolute atomic E-state index is 12.5. The minimum atomic E-state index is -0.251. The molecule has 1 saturated heterocycles. The lowest BCUT2D eigenvalue weighted by molar-refractivity contribution is -0.127. The van der Waals surface area contributed by atoms with Gasteiger partial charge < -0.3 is 24.7 Å². The lowest BCUT2D eigenvalue weighted by Gasteiger charge is -2.31. The van der Waals surface area contributed by atoms with Crippen molar-refractivity contribution >= 4 is 23.0 Å². The van der Waals surface area contributed by atoms with Crippen LogP contribution >= 0.6 is 0 Å². The predicted octanol–water partition coefficient (Wildman–Crippen LogP) is 1.28. The van der Waals surface area contributed by atoms with Crippen LogP contribution in [0.4, 0.5) is 0 Å². The van der Waals surface area contributed by atoms with Crippen LogP contribution in [0, 0.1) is 0 Å². The van der Waals surface area contributed by atoms with Crippen LogP contribution in [0.2, 0.25) is 0 Å². The Morgan fingerprint density at radius 3 is 2.89 bits per heavy atom. The number of likely N-dealkylation sites (tertiary alicyclic amines) is 1. The van der Waals surface area contributed by atoms with E-state index in [1.165, 1.54) is 12.3 Å². The SMILES string of the molecule is C=CC(=O)N1CCC(Oc2cnc3[nH]cc(C(=O)NC(C)COC)c3n2)CC1. The molecule has 3 heterocycles. The first-order valence-electron chi connectivity index (χ1n) is 9.23. The van der Waals surface area contributed by atoms with Gasteiger partial charge in [0.1, 0.15) is 11.6 Å². The summed E-state index contributed by atoms with van der Waals surface area (Å²) in [6.07, 6.45) is 5.80. The molecule has 9 nitrogen and oxygen atoms in total. The smallest absolute Gasteiger partial charge is 0.255 e. The van der Waals surface area contributed by atoms with Crippen LogP contribution in [0.25, 0.3) is 11.2 Å². The summed E-state index contributed by atoms with van der Waals surface area (Å²) in [6, 6.07) is -0.127. The lowest BCUT2D eigenvalue weighted by atomic mass is 10.1. The highest BCUT2D eigenvalue weighted by Crippen LogP contribution is 2.21. The highest BCUT2D eigenvalue weighted by molar-refractivity contribution is 6.04. The second-order valence-corrected chi connectivity index (χ2v) is 6.78. The van der Waals surface area contributed by atoms with E-state index in [9.17, 15) is 9.59 Å². The number of aromatic amines is 1. The van der Waals surface area contributed by atoms with Crippen molar-refractivity contribution in [2.24, 2.45) is 0 Å². The van der Waals surface area contributed by atoms with E-state index in [1.54, 1.807) is 18.2 Å². The Balaban J connectivity index is 1.68. The molecule has 0 aromatic carbocycles. The van der Waals surface area contributed by atoms with Gasteiger partial charge in [-0.15, -0.1) is 0 Å². The molecule has 1 fully saturated rings. The Morgan fingerprint density at radius 2 is 2.21 bits per heavy atom. The van der Waals surface area contributed by atoms with Crippen molar-refractivity contribution in [3.05, 3.63) is 30.6 Å². The van der Waals surface area contributed by atoms with Crippen molar-refractivity contribution in [2.75, 3.05) is 26.8 Å². The Morgan fingerprint density at radius 1 is 1.46 bits per heavy atom. The van der Waals surface area contributed by atoms with E-state index in [-0.39, 0.29) is 24.0 Å². The number of carbonyl (C=O) groups is 2. The molecule has 2 N–H and O–H groups in total. The van der Waals surface area contributed by atoms with Gasteiger partial charge in [-0.05, 0) is 13.0 Å². The topological polar surface area (TPSA) is 109 Å². The molecule has 150 valence electrons. The molecule has 28 heavy (non-hydrogen) atoms. The van der Waals surface area contributed by atoms with E-state index in [4.69, 9.17) is 9.47 Å². The zero-order valence-electron chi connectivity index (χ0n) is 16.1. The number of nitrogens with zero attached hydrogens (tertiary/aromatic N) is 3. The number of ether oxygens (including phenoxy) is 2. The average molecular weight is 387 g/mol. The third-order valence-electron chi connectivity index (χ3n) is 4.61. The minimum absolute atomic E-state index is 0.0569. The van der Waals surface area contributed by atoms with Crippen LogP contribution in [0.1, 0.15) is 30.1 Å². The maximum atomic E-state index is 12.5. The Bertz CT molecular complexity index is 857. The van der Waals surface area contributed by atoms with Crippen LogP contribution < -0.4 is 10.1 Å². The van der Waals surface area contributed by atoms with E-state index >= 15 is 0 Å². The van der Waals surface area contributed by atoms with Crippen molar-refractivity contribution in [2.45, 2.75) is 31.9 Å². The lowest BCUT2D eigenvalue weighted by Crippen LogP contribution is -2.41. The number of amides is 2. The number of aromatic nitrogens is 3. The van der Waals surface area contributed by atoms with Gasteiger partial charge in [-0.1, -0.05) is 6.58 Å². The molecule has 2 amide bonds. The van der Waals surface area contributed by atoms with Crippen molar-refractivity contribution < 1.29 is 19.1 Å². The molecule has 0 saturated carbocycles. The van der Waals surface area contributed by atoms with Gasteiger partial charge in [0.05, 0.1) is 18.4 Å². The zero-order valence-corrected chi connectivity index (χ0v) is 16.1. The number of hydrogen-bond acceptors (Lipinski definition) is 6. The summed E-state index contributed by atoms with van der Waals surface area (Å²) in [5, 5.41) is 2.86. The predicted molar refractivity (Wildman–Crippen MR) is 103 cm³/mol. The van der Waals surface area contributed by atoms with Gasteiger partial charge in [-0.3, -0.25) is 9.59 Å². The molecule has 2 aromatic heterocycles. The summed E-state index contributed by atoms with van der Waals surface area (Å²) in [4.78, 5) is 37.6. The molecular weight excluding hydrogens is 362 g/mol. The number of rotatable bonds is 7. The van der Waals surface area contributed by atoms with Gasteiger partial charge >= 0.3 is 0 Å². The number of H-pyrrole nitrogens is 1. The molecule has 0 spiro atoms. The van der Waals surface area contributed by atoms with Crippen LogP contribution in [0.15, 0.2) is 25.0 Å². The van der Waals surface area contributed by atoms with E-state index in [0.717, 1.165) is 0 Å². The third kappa shape index (κ3) is 4.48. The van der Waals surface area contributed by atoms with Gasteiger partial charge in [0.25, 0.3) is 5.91 Å². The molecule has 0 bridgehead atoms. The fourth-order valence-electron chi connectivity index (χ4n) is 3.19. The van der Waals surface area contributed by atoms with Gasteiger partial charge in [0.2, 0.25) is 11.8 Å². The molecule has 3 rings (SSSR count). The average Bonchev–Trinajstić information content (AvgIpc) is 3.11. The summed E-state index contributed by atoms with van der Waals surface area (Å²) in [7, 11) is 1.58. The van der Waals surface area contributed by atoms with Crippen LogP contribution in [-0.4, -0.2) is 70.6 Å².